The van der Waals surface area contributed by atoms with Crippen molar-refractivity contribution in [3.05, 3.63) is 52.0 Å². The van der Waals surface area contributed by atoms with Crippen molar-refractivity contribution in [2.45, 2.75) is 25.3 Å². The molecule has 3 rings (SSSR count). The van der Waals surface area contributed by atoms with Gasteiger partial charge in [-0.2, -0.15) is 0 Å². The first kappa shape index (κ1) is 11.1. The maximum absolute atomic E-state index is 6.18. The topological polar surface area (TPSA) is 17.8 Å². The quantitative estimate of drug-likeness (QED) is 0.818. The Morgan fingerprint density at radius 3 is 2.82 bits per heavy atom. The molecule has 1 heterocycles. The van der Waals surface area contributed by atoms with E-state index >= 15 is 0 Å². The Kier molecular flexibility index (Phi) is 2.85. The van der Waals surface area contributed by atoms with Gasteiger partial charge in [-0.05, 0) is 30.5 Å². The Morgan fingerprint density at radius 2 is 2.12 bits per heavy atom. The number of halogens is 2. The van der Waals surface area contributed by atoms with Gasteiger partial charge in [-0.1, -0.05) is 29.3 Å². The first-order valence-electron chi connectivity index (χ1n) is 5.68. The Bertz CT molecular complexity index is 544. The molecule has 2 nitrogen and oxygen atoms in total. The summed E-state index contributed by atoms with van der Waals surface area (Å²) in [6, 6.07) is 5.63. The fourth-order valence-electron chi connectivity index (χ4n) is 2.02. The average molecular weight is 267 g/mol. The van der Waals surface area contributed by atoms with Crippen LogP contribution < -0.4 is 0 Å². The van der Waals surface area contributed by atoms with Crippen molar-refractivity contribution in [1.29, 1.82) is 0 Å². The van der Waals surface area contributed by atoms with Crippen LogP contribution in [0, 0.1) is 0 Å². The monoisotopic (exact) mass is 266 g/mol. The molecule has 1 saturated carbocycles. The van der Waals surface area contributed by atoms with Crippen LogP contribution in [0.4, 0.5) is 0 Å². The van der Waals surface area contributed by atoms with Crippen molar-refractivity contribution >= 4 is 23.2 Å². The SMILES string of the molecule is Clc1ccc(Cn2cncc2C2CC2)c(Cl)c1. The van der Waals surface area contributed by atoms with Gasteiger partial charge in [-0.3, -0.25) is 0 Å². The molecule has 0 spiro atoms. The van der Waals surface area contributed by atoms with E-state index in [1.807, 2.05) is 24.7 Å². The van der Waals surface area contributed by atoms with Gasteiger partial charge in [0.05, 0.1) is 12.9 Å². The summed E-state index contributed by atoms with van der Waals surface area (Å²) in [6.45, 7) is 0.766. The molecule has 0 atom stereocenters. The molecule has 0 amide bonds. The van der Waals surface area contributed by atoms with Crippen LogP contribution in [0.15, 0.2) is 30.7 Å². The molecule has 17 heavy (non-hydrogen) atoms. The van der Waals surface area contributed by atoms with Crippen molar-refractivity contribution in [1.82, 2.24) is 9.55 Å². The first-order chi connectivity index (χ1) is 8.24. The van der Waals surface area contributed by atoms with Gasteiger partial charge in [0.2, 0.25) is 0 Å². The van der Waals surface area contributed by atoms with Crippen LogP contribution in [0.25, 0.3) is 0 Å². The molecule has 0 unspecified atom stereocenters. The molecule has 1 aliphatic carbocycles. The Balaban J connectivity index is 1.88. The van der Waals surface area contributed by atoms with Crippen LogP contribution in [-0.4, -0.2) is 9.55 Å². The molecular weight excluding hydrogens is 255 g/mol. The number of hydrogen-bond donors (Lipinski definition) is 0. The molecule has 88 valence electrons. The van der Waals surface area contributed by atoms with Gasteiger partial charge < -0.3 is 4.57 Å². The number of nitrogens with zero attached hydrogens (tertiary/aromatic N) is 2. The molecule has 1 aliphatic rings. The third kappa shape index (κ3) is 2.33. The Labute approximate surface area is 110 Å². The van der Waals surface area contributed by atoms with E-state index in [1.54, 1.807) is 6.07 Å². The summed E-state index contributed by atoms with van der Waals surface area (Å²) in [7, 11) is 0. The van der Waals surface area contributed by atoms with Gasteiger partial charge in [0.25, 0.3) is 0 Å². The number of rotatable bonds is 3. The molecule has 0 aliphatic heterocycles. The Hall–Kier alpha value is -0.990. The second-order valence-electron chi connectivity index (χ2n) is 4.46. The van der Waals surface area contributed by atoms with E-state index < -0.39 is 0 Å². The van der Waals surface area contributed by atoms with E-state index in [-0.39, 0.29) is 0 Å². The molecule has 1 aromatic heterocycles. The third-order valence-electron chi connectivity index (χ3n) is 3.10. The fourth-order valence-corrected chi connectivity index (χ4v) is 2.48. The molecule has 1 aromatic carbocycles. The highest BCUT2D eigenvalue weighted by molar-refractivity contribution is 6.35. The minimum absolute atomic E-state index is 0.673. The molecule has 4 heteroatoms. The summed E-state index contributed by atoms with van der Waals surface area (Å²) >= 11 is 12.1. The summed E-state index contributed by atoms with van der Waals surface area (Å²) in [5.74, 6) is 0.698. The summed E-state index contributed by atoms with van der Waals surface area (Å²) in [5.41, 5.74) is 2.40. The van der Waals surface area contributed by atoms with Crippen LogP contribution in [0.2, 0.25) is 10.0 Å². The molecule has 0 bridgehead atoms. The zero-order valence-electron chi connectivity index (χ0n) is 9.24. The van der Waals surface area contributed by atoms with Gasteiger partial charge in [0, 0.05) is 27.9 Å². The lowest BCUT2D eigenvalue weighted by Gasteiger charge is -2.09. The zero-order chi connectivity index (χ0) is 11.8. The minimum atomic E-state index is 0.673. The number of benzene rings is 1. The van der Waals surface area contributed by atoms with Crippen LogP contribution in [0.5, 0.6) is 0 Å². The van der Waals surface area contributed by atoms with Crippen LogP contribution >= 0.6 is 23.2 Å². The van der Waals surface area contributed by atoms with Crippen molar-refractivity contribution in [2.24, 2.45) is 0 Å². The highest BCUT2D eigenvalue weighted by atomic mass is 35.5. The average Bonchev–Trinajstić information content (AvgIpc) is 3.03. The Morgan fingerprint density at radius 1 is 1.29 bits per heavy atom. The summed E-state index contributed by atoms with van der Waals surface area (Å²) < 4.78 is 2.17. The molecule has 0 N–H and O–H groups in total. The van der Waals surface area contributed by atoms with Crippen molar-refractivity contribution in [3.8, 4) is 0 Å². The van der Waals surface area contributed by atoms with Gasteiger partial charge >= 0.3 is 0 Å². The lowest BCUT2D eigenvalue weighted by molar-refractivity contribution is 0.742. The van der Waals surface area contributed by atoms with Gasteiger partial charge in [-0.25, -0.2) is 4.98 Å². The number of imidazole rings is 1. The fraction of sp³-hybridized carbons (Fsp3) is 0.308. The maximum Gasteiger partial charge on any atom is 0.0951 e. The zero-order valence-corrected chi connectivity index (χ0v) is 10.7. The summed E-state index contributed by atoms with van der Waals surface area (Å²) in [5, 5.41) is 1.39. The third-order valence-corrected chi connectivity index (χ3v) is 3.68. The lowest BCUT2D eigenvalue weighted by Crippen LogP contribution is -2.02. The largest absolute Gasteiger partial charge is 0.330 e. The van der Waals surface area contributed by atoms with E-state index in [2.05, 4.69) is 9.55 Å². The summed E-state index contributed by atoms with van der Waals surface area (Å²) in [4.78, 5) is 4.22. The molecule has 0 saturated heterocycles. The molecule has 2 aromatic rings. The van der Waals surface area contributed by atoms with Crippen LogP contribution in [0.1, 0.15) is 30.0 Å². The lowest BCUT2D eigenvalue weighted by atomic mass is 10.2. The van der Waals surface area contributed by atoms with Crippen molar-refractivity contribution in [2.75, 3.05) is 0 Å². The molecule has 0 radical (unpaired) electrons. The van der Waals surface area contributed by atoms with E-state index in [1.165, 1.54) is 18.5 Å². The van der Waals surface area contributed by atoms with E-state index in [9.17, 15) is 0 Å². The van der Waals surface area contributed by atoms with E-state index in [0.29, 0.717) is 16.0 Å². The van der Waals surface area contributed by atoms with Crippen molar-refractivity contribution in [3.63, 3.8) is 0 Å². The van der Waals surface area contributed by atoms with Gasteiger partial charge in [-0.15, -0.1) is 0 Å². The maximum atomic E-state index is 6.18. The smallest absolute Gasteiger partial charge is 0.0951 e. The first-order valence-corrected chi connectivity index (χ1v) is 6.43. The number of hydrogen-bond acceptors (Lipinski definition) is 1. The number of aromatic nitrogens is 2. The van der Waals surface area contributed by atoms with Gasteiger partial charge in [0.1, 0.15) is 0 Å². The van der Waals surface area contributed by atoms with E-state index in [0.717, 1.165) is 12.1 Å². The van der Waals surface area contributed by atoms with Crippen LogP contribution in [0.3, 0.4) is 0 Å². The van der Waals surface area contributed by atoms with Gasteiger partial charge in [0.15, 0.2) is 0 Å². The normalized spacial score (nSPS) is 15.2. The predicted molar refractivity (Wildman–Crippen MR) is 69.8 cm³/mol. The summed E-state index contributed by atoms with van der Waals surface area (Å²) in [6.07, 6.45) is 6.39. The molecular formula is C13H12Cl2N2. The standard InChI is InChI=1S/C13H12Cl2N2/c14-11-4-3-10(12(15)5-11)7-17-8-16-6-13(17)9-1-2-9/h3-6,8-9H,1-2,7H2. The minimum Gasteiger partial charge on any atom is -0.330 e. The highest BCUT2D eigenvalue weighted by Gasteiger charge is 2.26. The molecule has 1 fully saturated rings. The second kappa shape index (κ2) is 4.35. The van der Waals surface area contributed by atoms with E-state index in [4.69, 9.17) is 23.2 Å². The predicted octanol–water partition coefficient (Wildman–Crippen LogP) is 4.12. The second-order valence-corrected chi connectivity index (χ2v) is 5.30. The highest BCUT2D eigenvalue weighted by Crippen LogP contribution is 2.40. The van der Waals surface area contributed by atoms with Crippen molar-refractivity contribution < 1.29 is 0 Å². The van der Waals surface area contributed by atoms with Crippen LogP contribution in [-0.2, 0) is 6.54 Å².